The van der Waals surface area contributed by atoms with E-state index in [1.807, 2.05) is 49.7 Å². The number of benzene rings is 1. The van der Waals surface area contributed by atoms with Crippen LogP contribution in [0.1, 0.15) is 32.8 Å². The van der Waals surface area contributed by atoms with Gasteiger partial charge >= 0.3 is 0 Å². The Kier molecular flexibility index (Phi) is 6.85. The van der Waals surface area contributed by atoms with Crippen LogP contribution < -0.4 is 0 Å². The minimum absolute atomic E-state index is 0.0460. The van der Waals surface area contributed by atoms with Gasteiger partial charge in [0.1, 0.15) is 6.54 Å². The van der Waals surface area contributed by atoms with Crippen LogP contribution >= 0.6 is 27.7 Å². The zero-order valence-electron chi connectivity index (χ0n) is 16.8. The van der Waals surface area contributed by atoms with E-state index in [0.717, 1.165) is 39.1 Å². The van der Waals surface area contributed by atoms with Gasteiger partial charge in [0.05, 0.1) is 4.91 Å². The molecule has 1 aromatic heterocycles. The Bertz CT molecular complexity index is 994. The monoisotopic (exact) mass is 477 g/mol. The number of halogens is 1. The smallest absolute Gasteiger partial charge is 0.293 e. The van der Waals surface area contributed by atoms with Crippen molar-refractivity contribution >= 4 is 61.7 Å². The summed E-state index contributed by atoms with van der Waals surface area (Å²) < 4.78 is 2.82. The van der Waals surface area contributed by atoms with E-state index in [4.69, 9.17) is 0 Å². The van der Waals surface area contributed by atoms with Crippen LogP contribution in [0.15, 0.2) is 33.8 Å². The van der Waals surface area contributed by atoms with Gasteiger partial charge in [-0.25, -0.2) is 0 Å². The number of rotatable bonds is 7. The lowest BCUT2D eigenvalue weighted by Gasteiger charge is -2.19. The number of hydrogen-bond donors (Lipinski definition) is 0. The van der Waals surface area contributed by atoms with Crippen LogP contribution in [0.5, 0.6) is 0 Å². The van der Waals surface area contributed by atoms with Crippen molar-refractivity contribution < 1.29 is 14.4 Å². The van der Waals surface area contributed by atoms with Crippen molar-refractivity contribution in [2.75, 3.05) is 19.6 Å². The van der Waals surface area contributed by atoms with Gasteiger partial charge in [-0.3, -0.25) is 19.3 Å². The lowest BCUT2D eigenvalue weighted by atomic mass is 10.1. The maximum absolute atomic E-state index is 12.6. The fourth-order valence-electron chi connectivity index (χ4n) is 3.42. The van der Waals surface area contributed by atoms with Gasteiger partial charge in [-0.15, -0.1) is 0 Å². The second-order valence-electron chi connectivity index (χ2n) is 6.77. The normalized spacial score (nSPS) is 15.7. The molecule has 1 aliphatic rings. The molecule has 1 aromatic carbocycles. The van der Waals surface area contributed by atoms with Crippen LogP contribution in [0.4, 0.5) is 4.79 Å². The number of fused-ring (bicyclic) bond motifs is 1. The second kappa shape index (κ2) is 9.17. The topological polar surface area (TPSA) is 62.6 Å². The highest BCUT2D eigenvalue weighted by molar-refractivity contribution is 9.10. The van der Waals surface area contributed by atoms with E-state index in [2.05, 4.69) is 15.9 Å². The average molecular weight is 478 g/mol. The van der Waals surface area contributed by atoms with Gasteiger partial charge in [-0.2, -0.15) is 0 Å². The van der Waals surface area contributed by atoms with Gasteiger partial charge < -0.3 is 9.47 Å². The molecule has 1 fully saturated rings. The Labute approximate surface area is 183 Å². The molecule has 6 nitrogen and oxygen atoms in total. The Hall–Kier alpha value is -2.06. The second-order valence-corrected chi connectivity index (χ2v) is 8.68. The number of thioether (sulfide) groups is 1. The van der Waals surface area contributed by atoms with E-state index in [9.17, 15) is 14.4 Å². The van der Waals surface area contributed by atoms with Crippen molar-refractivity contribution in [2.24, 2.45) is 0 Å². The Morgan fingerprint density at radius 3 is 2.59 bits per heavy atom. The average Bonchev–Trinajstić information content (AvgIpc) is 3.15. The van der Waals surface area contributed by atoms with Gasteiger partial charge in [0, 0.05) is 46.8 Å². The van der Waals surface area contributed by atoms with Crippen LogP contribution in [-0.2, 0) is 16.1 Å². The summed E-state index contributed by atoms with van der Waals surface area (Å²) in [6.07, 6.45) is 4.37. The first-order chi connectivity index (χ1) is 13.9. The number of carbonyl (C=O) groups is 3. The zero-order chi connectivity index (χ0) is 21.1. The Morgan fingerprint density at radius 2 is 1.93 bits per heavy atom. The molecule has 154 valence electrons. The predicted octanol–water partition coefficient (Wildman–Crippen LogP) is 4.72. The highest BCUT2D eigenvalue weighted by atomic mass is 79.9. The number of carbonyl (C=O) groups excluding carboxylic acids is 3. The molecule has 0 radical (unpaired) electrons. The molecule has 0 atom stereocenters. The highest BCUT2D eigenvalue weighted by Crippen LogP contribution is 2.34. The van der Waals surface area contributed by atoms with Crippen LogP contribution in [0, 0.1) is 0 Å². The van der Waals surface area contributed by atoms with E-state index >= 15 is 0 Å². The maximum Gasteiger partial charge on any atom is 0.293 e. The number of imide groups is 1. The standard InChI is InChI=1S/C21H24BrN3O3S/c1-4-9-25-20(27)18(29-21(25)28)10-14-12-24(13-19(26)23(5-2)6-3)17-8-7-15(22)11-16(14)17/h7-8,10-12H,4-6,9,13H2,1-3H3/b18-10-. The number of hydrogen-bond acceptors (Lipinski definition) is 4. The number of nitrogens with zero attached hydrogens (tertiary/aromatic N) is 3. The molecule has 2 aromatic rings. The van der Waals surface area contributed by atoms with E-state index < -0.39 is 0 Å². The summed E-state index contributed by atoms with van der Waals surface area (Å²) in [5.74, 6) is -0.207. The molecule has 0 unspecified atom stereocenters. The third-order valence-electron chi connectivity index (χ3n) is 4.90. The first kappa shape index (κ1) is 21.6. The van der Waals surface area contributed by atoms with Crippen LogP contribution in [0.25, 0.3) is 17.0 Å². The highest BCUT2D eigenvalue weighted by Gasteiger charge is 2.34. The molecule has 0 aliphatic carbocycles. The molecular weight excluding hydrogens is 454 g/mol. The summed E-state index contributed by atoms with van der Waals surface area (Å²) in [6.45, 7) is 7.84. The Morgan fingerprint density at radius 1 is 1.21 bits per heavy atom. The number of likely N-dealkylation sites (N-methyl/N-ethyl adjacent to an activating group) is 1. The molecule has 0 N–H and O–H groups in total. The molecule has 3 rings (SSSR count). The first-order valence-corrected chi connectivity index (χ1v) is 11.3. The summed E-state index contributed by atoms with van der Waals surface area (Å²) in [7, 11) is 0. The third kappa shape index (κ3) is 4.43. The summed E-state index contributed by atoms with van der Waals surface area (Å²) in [5.41, 5.74) is 1.73. The molecule has 0 spiro atoms. The molecular formula is C21H24BrN3O3S. The maximum atomic E-state index is 12.6. The summed E-state index contributed by atoms with van der Waals surface area (Å²) in [5, 5.41) is 0.693. The van der Waals surface area contributed by atoms with Crippen LogP contribution in [0.3, 0.4) is 0 Å². The van der Waals surface area contributed by atoms with Crippen molar-refractivity contribution in [3.8, 4) is 0 Å². The minimum Gasteiger partial charge on any atom is -0.342 e. The quantitative estimate of drug-likeness (QED) is 0.541. The van der Waals surface area contributed by atoms with Gasteiger partial charge in [0.25, 0.3) is 11.1 Å². The summed E-state index contributed by atoms with van der Waals surface area (Å²) >= 11 is 4.46. The molecule has 1 aliphatic heterocycles. The van der Waals surface area contributed by atoms with Crippen molar-refractivity contribution in [2.45, 2.75) is 33.7 Å². The van der Waals surface area contributed by atoms with E-state index in [-0.39, 0.29) is 23.6 Å². The molecule has 8 heteroatoms. The fraction of sp³-hybridized carbons (Fsp3) is 0.381. The zero-order valence-corrected chi connectivity index (χ0v) is 19.2. The van der Waals surface area contributed by atoms with E-state index in [1.165, 1.54) is 4.90 Å². The van der Waals surface area contributed by atoms with Crippen molar-refractivity contribution in [3.63, 3.8) is 0 Å². The molecule has 3 amide bonds. The number of amides is 3. The lowest BCUT2D eigenvalue weighted by molar-refractivity contribution is -0.131. The molecule has 2 heterocycles. The van der Waals surface area contributed by atoms with Crippen molar-refractivity contribution in [3.05, 3.63) is 39.3 Å². The van der Waals surface area contributed by atoms with Gasteiger partial charge in [0.15, 0.2) is 0 Å². The van der Waals surface area contributed by atoms with Gasteiger partial charge in [-0.05, 0) is 56.3 Å². The van der Waals surface area contributed by atoms with Crippen molar-refractivity contribution in [1.82, 2.24) is 14.4 Å². The van der Waals surface area contributed by atoms with Gasteiger partial charge in [0.2, 0.25) is 5.91 Å². The summed E-state index contributed by atoms with van der Waals surface area (Å²) in [6, 6.07) is 5.85. The fourth-order valence-corrected chi connectivity index (χ4v) is 4.64. The van der Waals surface area contributed by atoms with Crippen LogP contribution in [0.2, 0.25) is 0 Å². The third-order valence-corrected chi connectivity index (χ3v) is 6.30. The predicted molar refractivity (Wildman–Crippen MR) is 121 cm³/mol. The van der Waals surface area contributed by atoms with Crippen LogP contribution in [-0.4, -0.2) is 51.1 Å². The molecule has 29 heavy (non-hydrogen) atoms. The largest absolute Gasteiger partial charge is 0.342 e. The van der Waals surface area contributed by atoms with Crippen molar-refractivity contribution in [1.29, 1.82) is 0 Å². The number of aromatic nitrogens is 1. The Balaban J connectivity index is 2.01. The molecule has 0 bridgehead atoms. The van der Waals surface area contributed by atoms with E-state index in [0.29, 0.717) is 24.5 Å². The first-order valence-electron chi connectivity index (χ1n) is 9.71. The minimum atomic E-state index is -0.253. The SMILES string of the molecule is CCCN1C(=O)S/C(=C\c2cn(CC(=O)N(CC)CC)c3ccc(Br)cc23)C1=O. The molecule has 1 saturated heterocycles. The molecule has 0 saturated carbocycles. The van der Waals surface area contributed by atoms with Gasteiger partial charge in [-0.1, -0.05) is 22.9 Å². The summed E-state index contributed by atoms with van der Waals surface area (Å²) in [4.78, 5) is 40.9. The lowest BCUT2D eigenvalue weighted by Crippen LogP contribution is -2.33. The van der Waals surface area contributed by atoms with E-state index in [1.54, 1.807) is 11.0 Å².